The third-order valence-electron chi connectivity index (χ3n) is 5.21. The lowest BCUT2D eigenvalue weighted by atomic mass is 9.93. The molecule has 25 heavy (non-hydrogen) atoms. The van der Waals surface area contributed by atoms with Gasteiger partial charge in [-0.1, -0.05) is 54.1 Å². The quantitative estimate of drug-likeness (QED) is 0.824. The Morgan fingerprint density at radius 3 is 2.56 bits per heavy atom. The van der Waals surface area contributed by atoms with Gasteiger partial charge in [-0.25, -0.2) is 10.2 Å². The van der Waals surface area contributed by atoms with Gasteiger partial charge in [0.05, 0.1) is 5.92 Å². The highest BCUT2D eigenvalue weighted by molar-refractivity contribution is 6.30. The maximum Gasteiger partial charge on any atom is 0.206 e. The molecule has 2 aromatic carbocycles. The Labute approximate surface area is 151 Å². The second-order valence-corrected chi connectivity index (χ2v) is 7.28. The van der Waals surface area contributed by atoms with Crippen LogP contribution in [0.4, 0.5) is 0 Å². The Kier molecular flexibility index (Phi) is 3.64. The summed E-state index contributed by atoms with van der Waals surface area (Å²) in [5, 5.41) is 14.7. The summed E-state index contributed by atoms with van der Waals surface area (Å²) in [6.45, 7) is 1.24. The number of benzene rings is 2. The Morgan fingerprint density at radius 1 is 1.16 bits per heavy atom. The number of nitrogens with zero attached hydrogens (tertiary/aromatic N) is 1. The van der Waals surface area contributed by atoms with Crippen molar-refractivity contribution in [2.75, 3.05) is 6.61 Å². The van der Waals surface area contributed by atoms with Crippen LogP contribution in [0.2, 0.25) is 5.02 Å². The number of nitrogens with one attached hydrogen (secondary N) is 1. The molecule has 5 atom stereocenters. The molecule has 3 aliphatic heterocycles. The van der Waals surface area contributed by atoms with Crippen LogP contribution in [0.25, 0.3) is 0 Å². The summed E-state index contributed by atoms with van der Waals surface area (Å²) in [7, 11) is 0. The van der Waals surface area contributed by atoms with Crippen molar-refractivity contribution in [2.45, 2.75) is 36.9 Å². The predicted octanol–water partition coefficient (Wildman–Crippen LogP) is 2.26. The molecule has 0 saturated carbocycles. The minimum atomic E-state index is -0.751. The highest BCUT2D eigenvalue weighted by atomic mass is 35.5. The SMILES string of the molecule is OC1NC2(CO2)N(Cc2ccccc2)C2OC2C1c1ccc(Cl)cc1. The van der Waals surface area contributed by atoms with Gasteiger partial charge in [0.15, 0.2) is 0 Å². The van der Waals surface area contributed by atoms with E-state index in [0.29, 0.717) is 18.2 Å². The number of ether oxygens (including phenoxy) is 2. The Bertz CT molecular complexity index is 766. The molecule has 0 radical (unpaired) electrons. The number of hydrogen-bond acceptors (Lipinski definition) is 5. The molecular formula is C19H19ClN2O3. The van der Waals surface area contributed by atoms with Crippen LogP contribution in [-0.2, 0) is 16.0 Å². The molecule has 6 heteroatoms. The first-order valence-electron chi connectivity index (χ1n) is 8.48. The van der Waals surface area contributed by atoms with Crippen molar-refractivity contribution in [2.24, 2.45) is 0 Å². The highest BCUT2D eigenvalue weighted by Gasteiger charge is 2.65. The summed E-state index contributed by atoms with van der Waals surface area (Å²) in [5.41, 5.74) is 2.20. The summed E-state index contributed by atoms with van der Waals surface area (Å²) in [4.78, 5) is 2.17. The van der Waals surface area contributed by atoms with Gasteiger partial charge in [-0.2, -0.15) is 0 Å². The average molecular weight is 359 g/mol. The molecule has 3 aliphatic rings. The molecule has 0 aromatic heterocycles. The van der Waals surface area contributed by atoms with E-state index >= 15 is 0 Å². The van der Waals surface area contributed by atoms with Crippen LogP contribution < -0.4 is 5.32 Å². The number of hydrogen-bond donors (Lipinski definition) is 2. The molecule has 2 aromatic rings. The molecule has 5 unspecified atom stereocenters. The standard InChI is InChI=1S/C19H19ClN2O3/c20-14-8-6-13(7-9-14)15-16-18(25-16)22(10-12-4-2-1-3-5-12)19(11-24-19)21-17(15)23/h1-9,15-18,21,23H,10-11H2. The van der Waals surface area contributed by atoms with E-state index in [-0.39, 0.29) is 18.2 Å². The third-order valence-corrected chi connectivity index (χ3v) is 5.46. The Balaban J connectivity index is 1.44. The number of aliphatic hydroxyl groups is 1. The van der Waals surface area contributed by atoms with Crippen molar-refractivity contribution in [1.82, 2.24) is 10.2 Å². The van der Waals surface area contributed by atoms with E-state index < -0.39 is 12.1 Å². The van der Waals surface area contributed by atoms with Gasteiger partial charge in [-0.15, -0.1) is 0 Å². The lowest BCUT2D eigenvalue weighted by molar-refractivity contribution is -0.0402. The van der Waals surface area contributed by atoms with Gasteiger partial charge in [0.2, 0.25) is 5.85 Å². The summed E-state index contributed by atoms with van der Waals surface area (Å²) in [6.07, 6.45) is -0.900. The van der Waals surface area contributed by atoms with Crippen molar-refractivity contribution in [3.8, 4) is 0 Å². The monoisotopic (exact) mass is 358 g/mol. The Morgan fingerprint density at radius 2 is 1.88 bits per heavy atom. The fourth-order valence-electron chi connectivity index (χ4n) is 3.79. The number of aliphatic hydroxyl groups excluding tert-OH is 1. The van der Waals surface area contributed by atoms with E-state index in [4.69, 9.17) is 21.1 Å². The summed E-state index contributed by atoms with van der Waals surface area (Å²) in [5.74, 6) is -0.806. The molecule has 3 fully saturated rings. The number of fused-ring (bicyclic) bond motifs is 1. The molecule has 130 valence electrons. The van der Waals surface area contributed by atoms with Crippen molar-refractivity contribution in [3.05, 3.63) is 70.7 Å². The van der Waals surface area contributed by atoms with E-state index in [1.54, 1.807) is 0 Å². The number of halogens is 1. The molecule has 0 aliphatic carbocycles. The molecule has 1 spiro atoms. The fraction of sp³-hybridized carbons (Fsp3) is 0.368. The second-order valence-electron chi connectivity index (χ2n) is 6.84. The van der Waals surface area contributed by atoms with Crippen LogP contribution in [0.1, 0.15) is 17.0 Å². The zero-order valence-corrected chi connectivity index (χ0v) is 14.3. The van der Waals surface area contributed by atoms with Crippen molar-refractivity contribution in [3.63, 3.8) is 0 Å². The summed E-state index contributed by atoms with van der Waals surface area (Å²) in [6, 6.07) is 17.8. The molecule has 3 saturated heterocycles. The summed E-state index contributed by atoms with van der Waals surface area (Å²) >= 11 is 6.00. The first-order chi connectivity index (χ1) is 12.2. The van der Waals surface area contributed by atoms with E-state index in [9.17, 15) is 5.11 Å². The molecule has 5 rings (SSSR count). The van der Waals surface area contributed by atoms with Crippen molar-refractivity contribution in [1.29, 1.82) is 0 Å². The van der Waals surface area contributed by atoms with E-state index in [0.717, 1.165) is 5.56 Å². The highest BCUT2D eigenvalue weighted by Crippen LogP contribution is 2.48. The van der Waals surface area contributed by atoms with Crippen LogP contribution in [-0.4, -0.2) is 41.0 Å². The van der Waals surface area contributed by atoms with Gasteiger partial charge in [-0.05, 0) is 23.3 Å². The van der Waals surface area contributed by atoms with Gasteiger partial charge < -0.3 is 14.6 Å². The van der Waals surface area contributed by atoms with Crippen LogP contribution in [0, 0.1) is 0 Å². The molecule has 2 N–H and O–H groups in total. The maximum atomic E-state index is 10.8. The average Bonchev–Trinajstić information content (AvgIpc) is 3.52. The molecule has 5 nitrogen and oxygen atoms in total. The number of epoxide rings is 2. The van der Waals surface area contributed by atoms with E-state index in [2.05, 4.69) is 22.3 Å². The van der Waals surface area contributed by atoms with Gasteiger partial charge in [0, 0.05) is 11.6 Å². The van der Waals surface area contributed by atoms with Crippen LogP contribution in [0.3, 0.4) is 0 Å². The third kappa shape index (κ3) is 2.77. The zero-order chi connectivity index (χ0) is 17.0. The van der Waals surface area contributed by atoms with Crippen molar-refractivity contribution >= 4 is 11.6 Å². The number of rotatable bonds is 3. The normalized spacial score (nSPS) is 36.7. The molecule has 3 heterocycles. The predicted molar refractivity (Wildman–Crippen MR) is 92.7 cm³/mol. The molecular weight excluding hydrogens is 340 g/mol. The van der Waals surface area contributed by atoms with Crippen LogP contribution in [0.5, 0.6) is 0 Å². The summed E-state index contributed by atoms with van der Waals surface area (Å²) < 4.78 is 11.7. The van der Waals surface area contributed by atoms with Crippen LogP contribution >= 0.6 is 11.6 Å². The lowest BCUT2D eigenvalue weighted by Gasteiger charge is -2.29. The van der Waals surface area contributed by atoms with Gasteiger partial charge in [-0.3, -0.25) is 0 Å². The Hall–Kier alpha value is -1.47. The minimum absolute atomic E-state index is 0.0732. The maximum absolute atomic E-state index is 10.8. The van der Waals surface area contributed by atoms with E-state index in [1.165, 1.54) is 5.56 Å². The van der Waals surface area contributed by atoms with Gasteiger partial charge in [0.1, 0.15) is 25.2 Å². The second kappa shape index (κ2) is 5.77. The molecule has 0 bridgehead atoms. The van der Waals surface area contributed by atoms with Gasteiger partial charge >= 0.3 is 0 Å². The first-order valence-corrected chi connectivity index (χ1v) is 8.85. The first kappa shape index (κ1) is 15.8. The van der Waals surface area contributed by atoms with Gasteiger partial charge in [0.25, 0.3) is 0 Å². The lowest BCUT2D eigenvalue weighted by Crippen LogP contribution is -2.53. The molecule has 0 amide bonds. The van der Waals surface area contributed by atoms with Crippen LogP contribution in [0.15, 0.2) is 54.6 Å². The minimum Gasteiger partial charge on any atom is -0.378 e. The zero-order valence-electron chi connectivity index (χ0n) is 13.5. The van der Waals surface area contributed by atoms with Crippen molar-refractivity contribution < 1.29 is 14.6 Å². The smallest absolute Gasteiger partial charge is 0.206 e. The fourth-order valence-corrected chi connectivity index (χ4v) is 3.92. The topological polar surface area (TPSA) is 60.6 Å². The largest absolute Gasteiger partial charge is 0.378 e. The van der Waals surface area contributed by atoms with E-state index in [1.807, 2.05) is 42.5 Å².